The Morgan fingerprint density at radius 1 is 0.829 bits per heavy atom. The van der Waals surface area contributed by atoms with Crippen LogP contribution in [0.1, 0.15) is 29.0 Å². The SMILES string of the molecule is CN(C)CC[C@@](O)(c1cccc2ccccc12)[C@@H](c1ccccc1)c1cnc2ccc(Br)cc2c1. The van der Waals surface area contributed by atoms with Crippen LogP contribution in [0.3, 0.4) is 0 Å². The van der Waals surface area contributed by atoms with Crippen molar-refractivity contribution in [2.45, 2.75) is 17.9 Å². The highest BCUT2D eigenvalue weighted by molar-refractivity contribution is 9.10. The van der Waals surface area contributed by atoms with E-state index in [2.05, 4.69) is 89.5 Å². The Labute approximate surface area is 215 Å². The lowest BCUT2D eigenvalue weighted by atomic mass is 9.71. The Balaban J connectivity index is 1.78. The van der Waals surface area contributed by atoms with E-state index in [1.807, 2.05) is 48.7 Å². The van der Waals surface area contributed by atoms with Crippen molar-refractivity contribution >= 4 is 37.6 Å². The average Bonchev–Trinajstić information content (AvgIpc) is 2.87. The molecule has 5 aromatic rings. The zero-order chi connectivity index (χ0) is 24.4. The number of rotatable bonds is 7. The van der Waals surface area contributed by atoms with Gasteiger partial charge in [-0.3, -0.25) is 4.98 Å². The minimum Gasteiger partial charge on any atom is -0.384 e. The van der Waals surface area contributed by atoms with Crippen LogP contribution in [-0.2, 0) is 5.60 Å². The first-order chi connectivity index (χ1) is 17.0. The fourth-order valence-electron chi connectivity index (χ4n) is 5.10. The number of halogens is 1. The van der Waals surface area contributed by atoms with Gasteiger partial charge in [-0.05, 0) is 72.2 Å². The van der Waals surface area contributed by atoms with Gasteiger partial charge in [0.05, 0.1) is 5.52 Å². The van der Waals surface area contributed by atoms with E-state index >= 15 is 0 Å². The smallest absolute Gasteiger partial charge is 0.102 e. The molecular weight excluding hydrogens is 496 g/mol. The summed E-state index contributed by atoms with van der Waals surface area (Å²) < 4.78 is 1.01. The van der Waals surface area contributed by atoms with Crippen LogP contribution in [0.25, 0.3) is 21.7 Å². The van der Waals surface area contributed by atoms with Gasteiger partial charge in [0.25, 0.3) is 0 Å². The van der Waals surface area contributed by atoms with E-state index in [1.54, 1.807) is 0 Å². The second kappa shape index (κ2) is 9.90. The standard InChI is InChI=1S/C31H29BrN2O/c1-34(2)18-17-31(35,28-14-8-12-22-9-6-7-13-27(22)28)30(23-10-4-3-5-11-23)25-19-24-20-26(32)15-16-29(24)33-21-25/h3-16,19-21,30,35H,17-18H2,1-2H3/t30-,31+/m0/s1. The highest BCUT2D eigenvalue weighted by Crippen LogP contribution is 2.46. The molecule has 0 amide bonds. The summed E-state index contributed by atoms with van der Waals surface area (Å²) in [6.45, 7) is 0.746. The highest BCUT2D eigenvalue weighted by atomic mass is 79.9. The maximum Gasteiger partial charge on any atom is 0.102 e. The third-order valence-corrected chi connectivity index (χ3v) is 7.30. The summed E-state index contributed by atoms with van der Waals surface area (Å²) in [6, 6.07) is 33.2. The van der Waals surface area contributed by atoms with Gasteiger partial charge in [-0.15, -0.1) is 0 Å². The van der Waals surface area contributed by atoms with Crippen molar-refractivity contribution in [1.82, 2.24) is 9.88 Å². The number of nitrogens with zero attached hydrogens (tertiary/aromatic N) is 2. The van der Waals surface area contributed by atoms with E-state index in [0.29, 0.717) is 6.42 Å². The van der Waals surface area contributed by atoms with E-state index in [9.17, 15) is 5.11 Å². The fourth-order valence-corrected chi connectivity index (χ4v) is 5.48. The first kappa shape index (κ1) is 23.7. The number of pyridine rings is 1. The number of fused-ring (bicyclic) bond motifs is 2. The molecule has 176 valence electrons. The molecule has 4 heteroatoms. The molecule has 0 spiro atoms. The number of aromatic nitrogens is 1. The second-order valence-corrected chi connectivity index (χ2v) is 10.4. The minimum absolute atomic E-state index is 0.301. The summed E-state index contributed by atoms with van der Waals surface area (Å²) in [4.78, 5) is 6.92. The Kier molecular flexibility index (Phi) is 6.70. The molecule has 5 rings (SSSR count). The molecule has 0 fully saturated rings. The summed E-state index contributed by atoms with van der Waals surface area (Å²) in [5.41, 5.74) is 2.79. The molecule has 0 radical (unpaired) electrons. The molecule has 0 saturated heterocycles. The van der Waals surface area contributed by atoms with Crippen LogP contribution >= 0.6 is 15.9 Å². The van der Waals surface area contributed by atoms with Crippen LogP contribution in [0.4, 0.5) is 0 Å². The number of benzene rings is 4. The van der Waals surface area contributed by atoms with Gasteiger partial charge in [-0.1, -0.05) is 88.7 Å². The van der Waals surface area contributed by atoms with Gasteiger partial charge in [0.1, 0.15) is 5.60 Å². The van der Waals surface area contributed by atoms with Crippen molar-refractivity contribution in [2.75, 3.05) is 20.6 Å². The Hall–Kier alpha value is -3.05. The first-order valence-corrected chi connectivity index (χ1v) is 12.7. The van der Waals surface area contributed by atoms with Gasteiger partial charge < -0.3 is 10.0 Å². The average molecular weight is 525 g/mol. The van der Waals surface area contributed by atoms with E-state index < -0.39 is 5.60 Å². The van der Waals surface area contributed by atoms with Crippen molar-refractivity contribution in [3.8, 4) is 0 Å². The fraction of sp³-hybridized carbons (Fsp3) is 0.194. The Morgan fingerprint density at radius 2 is 1.57 bits per heavy atom. The van der Waals surface area contributed by atoms with Gasteiger partial charge in [0.2, 0.25) is 0 Å². The highest BCUT2D eigenvalue weighted by Gasteiger charge is 2.41. The Bertz CT molecular complexity index is 1460. The largest absolute Gasteiger partial charge is 0.384 e. The molecule has 0 unspecified atom stereocenters. The summed E-state index contributed by atoms with van der Waals surface area (Å²) in [5, 5.41) is 16.1. The van der Waals surface area contributed by atoms with Crippen LogP contribution in [0, 0.1) is 0 Å². The first-order valence-electron chi connectivity index (χ1n) is 11.9. The molecule has 4 aromatic carbocycles. The Morgan fingerprint density at radius 3 is 2.37 bits per heavy atom. The lowest BCUT2D eigenvalue weighted by Gasteiger charge is -2.39. The van der Waals surface area contributed by atoms with Crippen LogP contribution in [0.15, 0.2) is 108 Å². The van der Waals surface area contributed by atoms with Gasteiger partial charge in [0, 0.05) is 28.5 Å². The molecule has 0 aliphatic rings. The monoisotopic (exact) mass is 524 g/mol. The molecule has 2 atom stereocenters. The molecule has 3 nitrogen and oxygen atoms in total. The van der Waals surface area contributed by atoms with E-state index in [1.165, 1.54) is 0 Å². The van der Waals surface area contributed by atoms with E-state index in [-0.39, 0.29) is 5.92 Å². The molecule has 0 bridgehead atoms. The third kappa shape index (κ3) is 4.74. The summed E-state index contributed by atoms with van der Waals surface area (Å²) in [6.07, 6.45) is 2.50. The molecule has 0 saturated carbocycles. The normalized spacial score (nSPS) is 14.3. The lowest BCUT2D eigenvalue weighted by molar-refractivity contribution is 0.00584. The van der Waals surface area contributed by atoms with Crippen molar-refractivity contribution in [2.24, 2.45) is 0 Å². The molecule has 0 aliphatic carbocycles. The molecule has 35 heavy (non-hydrogen) atoms. The van der Waals surface area contributed by atoms with Crippen LogP contribution < -0.4 is 0 Å². The topological polar surface area (TPSA) is 36.4 Å². The van der Waals surface area contributed by atoms with Crippen molar-refractivity contribution in [3.05, 3.63) is 124 Å². The van der Waals surface area contributed by atoms with Gasteiger partial charge in [-0.25, -0.2) is 0 Å². The molecular formula is C31H29BrN2O. The summed E-state index contributed by atoms with van der Waals surface area (Å²) in [5.74, 6) is -0.301. The maximum absolute atomic E-state index is 12.9. The quantitative estimate of drug-likeness (QED) is 0.246. The second-order valence-electron chi connectivity index (χ2n) is 9.45. The van der Waals surface area contributed by atoms with Gasteiger partial charge in [0.15, 0.2) is 0 Å². The van der Waals surface area contributed by atoms with Crippen LogP contribution in [0.2, 0.25) is 0 Å². The molecule has 1 heterocycles. The third-order valence-electron chi connectivity index (χ3n) is 6.80. The minimum atomic E-state index is -1.16. The zero-order valence-electron chi connectivity index (χ0n) is 20.0. The van der Waals surface area contributed by atoms with Crippen molar-refractivity contribution in [1.29, 1.82) is 0 Å². The van der Waals surface area contributed by atoms with E-state index in [4.69, 9.17) is 4.98 Å². The van der Waals surface area contributed by atoms with Crippen molar-refractivity contribution in [3.63, 3.8) is 0 Å². The van der Waals surface area contributed by atoms with Crippen molar-refractivity contribution < 1.29 is 5.11 Å². The molecule has 0 aliphatic heterocycles. The number of hydrogen-bond donors (Lipinski definition) is 1. The maximum atomic E-state index is 12.9. The summed E-state index contributed by atoms with van der Waals surface area (Å²) >= 11 is 3.60. The molecule has 1 aromatic heterocycles. The van der Waals surface area contributed by atoms with Gasteiger partial charge in [-0.2, -0.15) is 0 Å². The van der Waals surface area contributed by atoms with Crippen LogP contribution in [0.5, 0.6) is 0 Å². The number of hydrogen-bond acceptors (Lipinski definition) is 3. The lowest BCUT2D eigenvalue weighted by Crippen LogP contribution is -2.37. The predicted octanol–water partition coefficient (Wildman–Crippen LogP) is 7.12. The van der Waals surface area contributed by atoms with E-state index in [0.717, 1.165) is 49.4 Å². The number of aliphatic hydroxyl groups is 1. The molecule has 1 N–H and O–H groups in total. The predicted molar refractivity (Wildman–Crippen MR) is 149 cm³/mol. The van der Waals surface area contributed by atoms with Crippen LogP contribution in [-0.4, -0.2) is 35.6 Å². The summed E-state index contributed by atoms with van der Waals surface area (Å²) in [7, 11) is 4.10. The van der Waals surface area contributed by atoms with Gasteiger partial charge >= 0.3 is 0 Å². The zero-order valence-corrected chi connectivity index (χ0v) is 21.6.